The van der Waals surface area contributed by atoms with Crippen molar-refractivity contribution in [3.63, 3.8) is 0 Å². The summed E-state index contributed by atoms with van der Waals surface area (Å²) in [4.78, 5) is 92.1. The van der Waals surface area contributed by atoms with Crippen molar-refractivity contribution in [1.82, 2.24) is 36.6 Å². The Morgan fingerprint density at radius 1 is 0.438 bits per heavy atom. The highest BCUT2D eigenvalue weighted by Gasteiger charge is 2.37. The van der Waals surface area contributed by atoms with Crippen LogP contribution < -0.4 is 55.3 Å². The Labute approximate surface area is 426 Å². The first-order valence-corrected chi connectivity index (χ1v) is 25.3. The van der Waals surface area contributed by atoms with Crippen LogP contribution in [0.2, 0.25) is 0 Å². The van der Waals surface area contributed by atoms with Crippen LogP contribution in [-0.4, -0.2) is 101 Å². The Morgan fingerprint density at radius 3 is 1.32 bits per heavy atom. The molecule has 6 aromatic rings. The van der Waals surface area contributed by atoms with Crippen LogP contribution in [0.1, 0.15) is 86.0 Å². The third kappa shape index (κ3) is 15.6. The van der Waals surface area contributed by atoms with Crippen molar-refractivity contribution in [1.29, 1.82) is 0 Å². The van der Waals surface area contributed by atoms with E-state index >= 15 is 4.79 Å². The van der Waals surface area contributed by atoms with Gasteiger partial charge in [0.05, 0.1) is 6.04 Å². The molecule has 0 aliphatic carbocycles. The van der Waals surface area contributed by atoms with E-state index in [-0.39, 0.29) is 32.1 Å². The second-order valence-electron chi connectivity index (χ2n) is 18.5. The summed E-state index contributed by atoms with van der Waals surface area (Å²) in [5.74, 6) is -4.74. The number of nitrogens with one attached hydrogen (secondary N) is 7. The van der Waals surface area contributed by atoms with E-state index in [1.54, 1.807) is 6.20 Å². The van der Waals surface area contributed by atoms with Crippen LogP contribution in [-0.2, 0) is 41.6 Å². The number of aromatic amines is 2. The van der Waals surface area contributed by atoms with Crippen LogP contribution in [0.4, 0.5) is 0 Å². The molecule has 0 spiro atoms. The highest BCUT2D eigenvalue weighted by Crippen LogP contribution is 2.29. The normalized spacial score (nSPS) is 13.9. The fourth-order valence-corrected chi connectivity index (χ4v) is 9.20. The highest BCUT2D eigenvalue weighted by atomic mass is 16.2. The second-order valence-corrected chi connectivity index (χ2v) is 18.5. The first kappa shape index (κ1) is 54.9. The first-order chi connectivity index (χ1) is 35.4. The van der Waals surface area contributed by atoms with Gasteiger partial charge in [-0.15, -0.1) is 0 Å². The van der Waals surface area contributed by atoms with Gasteiger partial charge in [0.2, 0.25) is 35.4 Å². The molecule has 6 atom stereocenters. The third-order valence-electron chi connectivity index (χ3n) is 13.2. The molecule has 4 aromatic carbocycles. The van der Waals surface area contributed by atoms with Gasteiger partial charge in [0, 0.05) is 46.5 Å². The number of benzene rings is 4. The van der Waals surface area contributed by atoms with E-state index in [0.29, 0.717) is 74.8 Å². The molecule has 0 radical (unpaired) electrons. The molecular formula is C55H72N12O6. The summed E-state index contributed by atoms with van der Waals surface area (Å²) in [6.45, 7) is 1.08. The minimum absolute atomic E-state index is 0.0319. The van der Waals surface area contributed by atoms with E-state index in [1.807, 2.05) is 115 Å². The molecule has 2 heterocycles. The molecule has 18 heteroatoms. The second kappa shape index (κ2) is 28.0. The number of nitrogens with two attached hydrogens (primary N) is 5. The molecule has 0 fully saturated rings. The zero-order chi connectivity index (χ0) is 52.1. The molecule has 0 saturated heterocycles. The third-order valence-corrected chi connectivity index (χ3v) is 13.2. The number of rotatable bonds is 30. The molecule has 1 unspecified atom stereocenters. The van der Waals surface area contributed by atoms with Crippen molar-refractivity contribution in [2.24, 2.45) is 28.7 Å². The molecular weight excluding hydrogens is 925 g/mol. The molecule has 6 rings (SSSR count). The topological polar surface area (TPSA) is 324 Å². The van der Waals surface area contributed by atoms with E-state index < -0.39 is 77.6 Å². The summed E-state index contributed by atoms with van der Waals surface area (Å²) in [7, 11) is 0. The lowest BCUT2D eigenvalue weighted by atomic mass is 9.84. The molecule has 0 bridgehead atoms. The number of aromatic nitrogens is 2. The Hall–Kier alpha value is -7.38. The van der Waals surface area contributed by atoms with Crippen molar-refractivity contribution < 1.29 is 28.8 Å². The highest BCUT2D eigenvalue weighted by molar-refractivity contribution is 5.98. The van der Waals surface area contributed by atoms with E-state index in [1.165, 1.54) is 0 Å². The van der Waals surface area contributed by atoms with Crippen LogP contribution in [0, 0.1) is 0 Å². The SMILES string of the molecule is NCCCC[C@H](NC(=O)C(NC(=O)[C@H](Cc1c[nH]c2ccccc12)NC(=O)[C@H](CCCCN)NC(=O)[C@H](CCCCN)NC(=O)[C@@H](N)Cc1c[nH]c2ccccc12)C(c1ccccc1)c1ccccc1)C(N)=O. The molecule has 0 saturated carbocycles. The zero-order valence-corrected chi connectivity index (χ0v) is 41.3. The van der Waals surface area contributed by atoms with Gasteiger partial charge in [0.15, 0.2) is 0 Å². The lowest BCUT2D eigenvalue weighted by Crippen LogP contribution is -2.60. The summed E-state index contributed by atoms with van der Waals surface area (Å²) < 4.78 is 0. The summed E-state index contributed by atoms with van der Waals surface area (Å²) >= 11 is 0. The molecule has 17 N–H and O–H groups in total. The van der Waals surface area contributed by atoms with Gasteiger partial charge in [-0.25, -0.2) is 0 Å². The average Bonchev–Trinajstić information content (AvgIpc) is 4.01. The van der Waals surface area contributed by atoms with Crippen molar-refractivity contribution in [3.8, 4) is 0 Å². The number of amides is 6. The minimum Gasteiger partial charge on any atom is -0.368 e. The predicted molar refractivity (Wildman–Crippen MR) is 284 cm³/mol. The molecule has 6 amide bonds. The monoisotopic (exact) mass is 997 g/mol. The standard InChI is InChI=1S/C55H72N12O6/c56-28-14-11-25-44(50(60)68)63-55(73)49(48(35-17-3-1-4-18-35)36-19-5-2-6-20-36)67-54(72)47(32-38-34-62-43-24-10-8-22-40(38)43)66-53(71)46(27-13-16-30-58)65-52(70)45(26-12-15-29-57)64-51(69)41(59)31-37-33-61-42-23-9-7-21-39(37)42/h1-10,17-24,33-34,41,44-49,61-62H,11-16,25-32,56-59H2,(H2,60,68)(H,63,73)(H,64,69)(H,65,70)(H,66,71)(H,67,72)/t41-,44-,45-,46-,47-,49?/m0/s1. The smallest absolute Gasteiger partial charge is 0.244 e. The van der Waals surface area contributed by atoms with Crippen molar-refractivity contribution in [3.05, 3.63) is 144 Å². The lowest BCUT2D eigenvalue weighted by Gasteiger charge is -2.31. The number of hydrogen-bond donors (Lipinski definition) is 12. The minimum atomic E-state index is -1.34. The van der Waals surface area contributed by atoms with Gasteiger partial charge in [0.1, 0.15) is 30.2 Å². The Bertz CT molecular complexity index is 2690. The maximum atomic E-state index is 15.2. The van der Waals surface area contributed by atoms with E-state index in [9.17, 15) is 24.0 Å². The van der Waals surface area contributed by atoms with Crippen LogP contribution in [0.15, 0.2) is 122 Å². The van der Waals surface area contributed by atoms with Gasteiger partial charge in [-0.3, -0.25) is 28.8 Å². The first-order valence-electron chi connectivity index (χ1n) is 25.3. The Morgan fingerprint density at radius 2 is 0.836 bits per heavy atom. The van der Waals surface area contributed by atoms with E-state index in [4.69, 9.17) is 28.7 Å². The quantitative estimate of drug-likeness (QED) is 0.0293. The fraction of sp³-hybridized carbons (Fsp3) is 0.382. The van der Waals surface area contributed by atoms with Crippen LogP contribution in [0.5, 0.6) is 0 Å². The van der Waals surface area contributed by atoms with Crippen molar-refractivity contribution in [2.45, 2.75) is 113 Å². The van der Waals surface area contributed by atoms with Crippen molar-refractivity contribution >= 4 is 57.2 Å². The number of hydrogen-bond acceptors (Lipinski definition) is 10. The summed E-state index contributed by atoms with van der Waals surface area (Å²) in [5, 5.41) is 16.2. The lowest BCUT2D eigenvalue weighted by molar-refractivity contribution is -0.135. The predicted octanol–water partition coefficient (Wildman–Crippen LogP) is 2.89. The molecule has 388 valence electrons. The van der Waals surface area contributed by atoms with Crippen molar-refractivity contribution in [2.75, 3.05) is 19.6 Å². The molecule has 2 aromatic heterocycles. The number of fused-ring (bicyclic) bond motifs is 2. The largest absolute Gasteiger partial charge is 0.368 e. The molecule has 0 aliphatic rings. The maximum absolute atomic E-state index is 15.2. The van der Waals surface area contributed by atoms with Gasteiger partial charge >= 0.3 is 0 Å². The Kier molecular flexibility index (Phi) is 21.1. The summed E-state index contributed by atoms with van der Waals surface area (Å²) in [5.41, 5.74) is 34.4. The van der Waals surface area contributed by atoms with Gasteiger partial charge in [-0.05, 0) is 118 Å². The average molecular weight is 997 g/mol. The summed E-state index contributed by atoms with van der Waals surface area (Å²) in [6, 6.07) is 26.6. The number of carbonyl (C=O) groups excluding carboxylic acids is 6. The van der Waals surface area contributed by atoms with Crippen LogP contribution in [0.3, 0.4) is 0 Å². The van der Waals surface area contributed by atoms with Crippen LogP contribution >= 0.6 is 0 Å². The van der Waals surface area contributed by atoms with E-state index in [2.05, 4.69) is 36.6 Å². The molecule has 18 nitrogen and oxygen atoms in total. The Balaban J connectivity index is 1.31. The molecule has 0 aliphatic heterocycles. The number of unbranched alkanes of at least 4 members (excludes halogenated alkanes) is 3. The van der Waals surface area contributed by atoms with Gasteiger partial charge in [0.25, 0.3) is 0 Å². The number of carbonyl (C=O) groups is 6. The van der Waals surface area contributed by atoms with E-state index in [0.717, 1.165) is 27.4 Å². The molecule has 73 heavy (non-hydrogen) atoms. The number of H-pyrrole nitrogens is 2. The van der Waals surface area contributed by atoms with Gasteiger partial charge in [-0.2, -0.15) is 0 Å². The fourth-order valence-electron chi connectivity index (χ4n) is 9.20. The number of primary amides is 1. The van der Waals surface area contributed by atoms with Crippen LogP contribution in [0.25, 0.3) is 21.8 Å². The number of para-hydroxylation sites is 2. The van der Waals surface area contributed by atoms with Gasteiger partial charge in [-0.1, -0.05) is 97.1 Å². The summed E-state index contributed by atoms with van der Waals surface area (Å²) in [6.07, 6.45) is 7.51. The zero-order valence-electron chi connectivity index (χ0n) is 41.3. The van der Waals surface area contributed by atoms with Gasteiger partial charge < -0.3 is 65.2 Å². The maximum Gasteiger partial charge on any atom is 0.244 e.